The zero-order valence-corrected chi connectivity index (χ0v) is 13.6. The van der Waals surface area contributed by atoms with Crippen LogP contribution in [0.25, 0.3) is 11.5 Å². The molecule has 1 atom stereocenters. The average Bonchev–Trinajstić information content (AvgIpc) is 3.12. The van der Waals surface area contributed by atoms with Gasteiger partial charge in [-0.3, -0.25) is 0 Å². The van der Waals surface area contributed by atoms with Crippen molar-refractivity contribution in [2.75, 3.05) is 7.11 Å². The molecule has 0 N–H and O–H groups in total. The van der Waals surface area contributed by atoms with Gasteiger partial charge in [0.15, 0.2) is 18.5 Å². The fourth-order valence-corrected chi connectivity index (χ4v) is 2.08. The van der Waals surface area contributed by atoms with Crippen molar-refractivity contribution in [2.24, 2.45) is 0 Å². The van der Waals surface area contributed by atoms with Gasteiger partial charge in [-0.05, 0) is 31.2 Å². The van der Waals surface area contributed by atoms with Crippen molar-refractivity contribution in [2.45, 2.75) is 13.0 Å². The zero-order valence-electron chi connectivity index (χ0n) is 13.6. The third-order valence-corrected chi connectivity index (χ3v) is 3.45. The Kier molecular flexibility index (Phi) is 4.60. The number of pyridine rings is 1. The van der Waals surface area contributed by atoms with Crippen LogP contribution in [0.2, 0.25) is 0 Å². The van der Waals surface area contributed by atoms with Crippen molar-refractivity contribution in [3.63, 3.8) is 0 Å². The number of aromatic nitrogens is 3. The summed E-state index contributed by atoms with van der Waals surface area (Å²) in [6, 6.07) is 9.88. The van der Waals surface area contributed by atoms with Crippen LogP contribution in [0.5, 0.6) is 5.75 Å². The number of hydrogen-bond acceptors (Lipinski definition) is 7. The minimum Gasteiger partial charge on any atom is -0.619 e. The van der Waals surface area contributed by atoms with E-state index in [0.29, 0.717) is 16.4 Å². The van der Waals surface area contributed by atoms with Crippen LogP contribution in [-0.2, 0) is 4.74 Å². The summed E-state index contributed by atoms with van der Waals surface area (Å²) in [5.41, 5.74) is 0.981. The first-order valence-corrected chi connectivity index (χ1v) is 7.44. The van der Waals surface area contributed by atoms with Gasteiger partial charge in [0.1, 0.15) is 5.75 Å². The van der Waals surface area contributed by atoms with E-state index in [1.807, 2.05) is 0 Å². The van der Waals surface area contributed by atoms with Crippen LogP contribution in [0.1, 0.15) is 29.3 Å². The van der Waals surface area contributed by atoms with E-state index in [1.54, 1.807) is 38.3 Å². The molecule has 0 fully saturated rings. The highest BCUT2D eigenvalue weighted by Crippen LogP contribution is 2.24. The van der Waals surface area contributed by atoms with Gasteiger partial charge >= 0.3 is 5.97 Å². The SMILES string of the molecule is COc1ccc(-c2nnc([C@@H](C)OC(=O)c3cc[n+]([O-])cc3)o2)cc1. The van der Waals surface area contributed by atoms with Crippen LogP contribution in [-0.4, -0.2) is 23.3 Å². The minimum absolute atomic E-state index is 0.175. The molecular weight excluding hydrogens is 326 g/mol. The number of nitrogens with zero attached hydrogens (tertiary/aromatic N) is 3. The molecule has 0 unspecified atom stereocenters. The molecule has 0 aliphatic heterocycles. The number of ether oxygens (including phenoxy) is 2. The van der Waals surface area contributed by atoms with Crippen molar-refractivity contribution in [3.05, 3.63) is 65.5 Å². The average molecular weight is 341 g/mol. The highest BCUT2D eigenvalue weighted by molar-refractivity contribution is 5.89. The number of methoxy groups -OCH3 is 1. The van der Waals surface area contributed by atoms with Crippen molar-refractivity contribution >= 4 is 5.97 Å². The van der Waals surface area contributed by atoms with Gasteiger partial charge in [0.2, 0.25) is 5.89 Å². The van der Waals surface area contributed by atoms with Crippen molar-refractivity contribution in [1.82, 2.24) is 10.2 Å². The molecule has 0 spiro atoms. The summed E-state index contributed by atoms with van der Waals surface area (Å²) in [4.78, 5) is 12.0. The predicted octanol–water partition coefficient (Wildman–Crippen LogP) is 2.30. The number of esters is 1. The summed E-state index contributed by atoms with van der Waals surface area (Å²) in [6.45, 7) is 1.62. The first-order chi connectivity index (χ1) is 12.1. The molecule has 3 aromatic rings. The lowest BCUT2D eigenvalue weighted by Gasteiger charge is -2.09. The van der Waals surface area contributed by atoms with E-state index in [9.17, 15) is 10.0 Å². The van der Waals surface area contributed by atoms with Crippen LogP contribution < -0.4 is 9.47 Å². The largest absolute Gasteiger partial charge is 0.619 e. The summed E-state index contributed by atoms with van der Waals surface area (Å²) >= 11 is 0. The molecule has 1 aromatic carbocycles. The smallest absolute Gasteiger partial charge is 0.339 e. The van der Waals surface area contributed by atoms with Gasteiger partial charge in [0.05, 0.1) is 12.7 Å². The standard InChI is InChI=1S/C17H15N3O5/c1-11(24-17(21)13-7-9-20(22)10-8-13)15-18-19-16(25-15)12-3-5-14(23-2)6-4-12/h3-11H,1-2H3/t11-/m1/s1. The molecule has 0 bridgehead atoms. The Bertz CT molecular complexity index is 859. The van der Waals surface area contributed by atoms with Crippen molar-refractivity contribution in [1.29, 1.82) is 0 Å². The summed E-state index contributed by atoms with van der Waals surface area (Å²) in [5.74, 6) is 0.618. The maximum absolute atomic E-state index is 12.0. The van der Waals surface area contributed by atoms with Crippen molar-refractivity contribution in [3.8, 4) is 17.2 Å². The van der Waals surface area contributed by atoms with E-state index < -0.39 is 12.1 Å². The molecule has 0 amide bonds. The van der Waals surface area contributed by atoms with Gasteiger partial charge < -0.3 is 19.1 Å². The molecule has 0 saturated carbocycles. The van der Waals surface area contributed by atoms with Crippen molar-refractivity contribution < 1.29 is 23.4 Å². The first kappa shape index (κ1) is 16.4. The van der Waals surface area contributed by atoms with Crippen LogP contribution in [0.3, 0.4) is 0 Å². The van der Waals surface area contributed by atoms with Crippen LogP contribution in [0.15, 0.2) is 53.2 Å². The molecule has 0 saturated heterocycles. The molecule has 0 aliphatic rings. The van der Waals surface area contributed by atoms with E-state index in [-0.39, 0.29) is 11.5 Å². The molecule has 25 heavy (non-hydrogen) atoms. The van der Waals surface area contributed by atoms with Gasteiger partial charge in [-0.2, -0.15) is 4.73 Å². The molecule has 8 heteroatoms. The minimum atomic E-state index is -0.730. The number of carbonyl (C=O) groups excluding carboxylic acids is 1. The Morgan fingerprint density at radius 3 is 2.48 bits per heavy atom. The number of hydrogen-bond donors (Lipinski definition) is 0. The van der Waals surface area contributed by atoms with Gasteiger partial charge in [-0.15, -0.1) is 10.2 Å². The summed E-state index contributed by atoms with van der Waals surface area (Å²) < 4.78 is 16.5. The second-order valence-electron chi connectivity index (χ2n) is 5.17. The molecule has 2 aromatic heterocycles. The first-order valence-electron chi connectivity index (χ1n) is 7.44. The molecule has 0 aliphatic carbocycles. The lowest BCUT2D eigenvalue weighted by molar-refractivity contribution is -0.605. The molecule has 3 rings (SSSR count). The summed E-state index contributed by atoms with van der Waals surface area (Å²) in [6.07, 6.45) is 1.71. The molecule has 128 valence electrons. The Labute approximate surface area is 143 Å². The Morgan fingerprint density at radius 2 is 1.84 bits per heavy atom. The van der Waals surface area contributed by atoms with Gasteiger partial charge in [0, 0.05) is 17.7 Å². The number of rotatable bonds is 5. The molecule has 8 nitrogen and oxygen atoms in total. The van der Waals surface area contributed by atoms with E-state index in [1.165, 1.54) is 24.5 Å². The van der Waals surface area contributed by atoms with E-state index >= 15 is 0 Å². The zero-order chi connectivity index (χ0) is 17.8. The monoisotopic (exact) mass is 341 g/mol. The fraction of sp³-hybridized carbons (Fsp3) is 0.176. The normalized spacial score (nSPS) is 11.8. The van der Waals surface area contributed by atoms with E-state index in [4.69, 9.17) is 13.9 Å². The highest BCUT2D eigenvalue weighted by atomic mass is 16.6. The lowest BCUT2D eigenvalue weighted by Crippen LogP contribution is -2.24. The van der Waals surface area contributed by atoms with E-state index in [2.05, 4.69) is 10.2 Å². The highest BCUT2D eigenvalue weighted by Gasteiger charge is 2.20. The number of benzene rings is 1. The lowest BCUT2D eigenvalue weighted by atomic mass is 10.2. The Hall–Kier alpha value is -3.42. The fourth-order valence-electron chi connectivity index (χ4n) is 2.08. The molecule has 2 heterocycles. The van der Waals surface area contributed by atoms with Gasteiger partial charge in [-0.25, -0.2) is 4.79 Å². The second-order valence-corrected chi connectivity index (χ2v) is 5.17. The predicted molar refractivity (Wildman–Crippen MR) is 85.5 cm³/mol. The third-order valence-electron chi connectivity index (χ3n) is 3.45. The summed E-state index contributed by atoms with van der Waals surface area (Å²) in [5, 5.41) is 18.9. The molecule has 0 radical (unpaired) electrons. The third kappa shape index (κ3) is 3.74. The van der Waals surface area contributed by atoms with Gasteiger partial charge in [-0.1, -0.05) is 0 Å². The van der Waals surface area contributed by atoms with Crippen LogP contribution in [0.4, 0.5) is 0 Å². The maximum Gasteiger partial charge on any atom is 0.339 e. The number of carbonyl (C=O) groups is 1. The molecular formula is C17H15N3O5. The second kappa shape index (κ2) is 7.00. The van der Waals surface area contributed by atoms with E-state index in [0.717, 1.165) is 5.56 Å². The maximum atomic E-state index is 12.0. The Morgan fingerprint density at radius 1 is 1.16 bits per heavy atom. The summed E-state index contributed by atoms with van der Waals surface area (Å²) in [7, 11) is 1.58. The topological polar surface area (TPSA) is 101 Å². The quantitative estimate of drug-likeness (QED) is 0.398. The van der Waals surface area contributed by atoms with Crippen LogP contribution >= 0.6 is 0 Å². The van der Waals surface area contributed by atoms with Gasteiger partial charge in [0.25, 0.3) is 5.89 Å². The van der Waals surface area contributed by atoms with Crippen LogP contribution in [0, 0.1) is 5.21 Å². The Balaban J connectivity index is 1.70.